The van der Waals surface area contributed by atoms with E-state index in [-0.39, 0.29) is 5.56 Å². The van der Waals surface area contributed by atoms with E-state index in [4.69, 9.17) is 10.6 Å². The van der Waals surface area contributed by atoms with Crippen LogP contribution in [0.1, 0.15) is 0 Å². The first kappa shape index (κ1) is 17.0. The standard InChI is InChI=1S/C16H18N4O2S3/c17-20-15(21)13-11(12-2-1-8-23-12)10-25-14(13)18-16(20)24-9-5-19-3-6-22-7-4-19/h1-2,8,10H,3-7,9,17H2. The Kier molecular flexibility index (Phi) is 5.09. The van der Waals surface area contributed by atoms with Crippen LogP contribution in [0.3, 0.4) is 0 Å². The lowest BCUT2D eigenvalue weighted by atomic mass is 10.2. The van der Waals surface area contributed by atoms with E-state index in [1.165, 1.54) is 27.8 Å². The molecule has 0 amide bonds. The topological polar surface area (TPSA) is 73.4 Å². The molecule has 0 unspecified atom stereocenters. The second-order valence-electron chi connectivity index (χ2n) is 5.68. The maximum absolute atomic E-state index is 12.8. The number of nitrogen functional groups attached to an aromatic ring is 1. The third-order valence-corrected chi connectivity index (χ3v) is 6.84. The number of fused-ring (bicyclic) bond motifs is 1. The Labute approximate surface area is 157 Å². The van der Waals surface area contributed by atoms with E-state index in [0.29, 0.717) is 10.5 Å². The molecule has 0 bridgehead atoms. The van der Waals surface area contributed by atoms with E-state index in [2.05, 4.69) is 9.88 Å². The predicted molar refractivity (Wildman–Crippen MR) is 105 cm³/mol. The van der Waals surface area contributed by atoms with Gasteiger partial charge in [-0.1, -0.05) is 17.8 Å². The Morgan fingerprint density at radius 2 is 2.16 bits per heavy atom. The van der Waals surface area contributed by atoms with Crippen molar-refractivity contribution in [2.45, 2.75) is 5.16 Å². The number of rotatable bonds is 5. The average molecular weight is 395 g/mol. The molecular formula is C16H18N4O2S3. The highest BCUT2D eigenvalue weighted by Gasteiger charge is 2.17. The lowest BCUT2D eigenvalue weighted by Crippen LogP contribution is -2.37. The van der Waals surface area contributed by atoms with E-state index in [1.807, 2.05) is 22.9 Å². The maximum atomic E-state index is 12.8. The van der Waals surface area contributed by atoms with Gasteiger partial charge in [0.2, 0.25) is 0 Å². The highest BCUT2D eigenvalue weighted by atomic mass is 32.2. The fourth-order valence-electron chi connectivity index (χ4n) is 2.79. The third-order valence-electron chi connectivity index (χ3n) is 4.14. The number of thiophene rings is 2. The fraction of sp³-hybridized carbons (Fsp3) is 0.375. The minimum Gasteiger partial charge on any atom is -0.379 e. The number of aromatic nitrogens is 2. The molecule has 1 saturated heterocycles. The molecule has 9 heteroatoms. The number of nitrogens with two attached hydrogens (primary N) is 1. The number of ether oxygens (including phenoxy) is 1. The zero-order valence-corrected chi connectivity index (χ0v) is 16.0. The van der Waals surface area contributed by atoms with Crippen molar-refractivity contribution >= 4 is 44.7 Å². The van der Waals surface area contributed by atoms with Crippen LogP contribution in [-0.2, 0) is 4.74 Å². The van der Waals surface area contributed by atoms with E-state index >= 15 is 0 Å². The molecule has 3 aromatic heterocycles. The number of morpholine rings is 1. The minimum atomic E-state index is -0.177. The summed E-state index contributed by atoms with van der Waals surface area (Å²) < 4.78 is 6.55. The van der Waals surface area contributed by atoms with Crippen LogP contribution in [0.25, 0.3) is 20.7 Å². The number of nitrogens with zero attached hydrogens (tertiary/aromatic N) is 3. The summed E-state index contributed by atoms with van der Waals surface area (Å²) in [4.78, 5) is 21.6. The number of hydrogen-bond acceptors (Lipinski definition) is 8. The molecule has 4 rings (SSSR count). The van der Waals surface area contributed by atoms with Crippen molar-refractivity contribution in [1.82, 2.24) is 14.6 Å². The van der Waals surface area contributed by atoms with Gasteiger partial charge in [0.25, 0.3) is 5.56 Å². The first-order chi connectivity index (χ1) is 12.2. The highest BCUT2D eigenvalue weighted by Crippen LogP contribution is 2.34. The van der Waals surface area contributed by atoms with Crippen molar-refractivity contribution < 1.29 is 4.74 Å². The lowest BCUT2D eigenvalue weighted by Gasteiger charge is -2.26. The summed E-state index contributed by atoms with van der Waals surface area (Å²) in [5.74, 6) is 6.89. The van der Waals surface area contributed by atoms with Crippen molar-refractivity contribution in [2.75, 3.05) is 44.4 Å². The van der Waals surface area contributed by atoms with Crippen LogP contribution >= 0.6 is 34.4 Å². The molecule has 2 N–H and O–H groups in total. The first-order valence-electron chi connectivity index (χ1n) is 8.00. The molecule has 3 aromatic rings. The van der Waals surface area contributed by atoms with Crippen molar-refractivity contribution in [3.63, 3.8) is 0 Å². The minimum absolute atomic E-state index is 0.177. The summed E-state index contributed by atoms with van der Waals surface area (Å²) in [6, 6.07) is 3.99. The molecule has 0 aromatic carbocycles. The van der Waals surface area contributed by atoms with Gasteiger partial charge < -0.3 is 10.6 Å². The SMILES string of the molecule is Nn1c(SCCN2CCOCC2)nc2scc(-c3cccs3)c2c1=O. The molecule has 0 atom stereocenters. The number of hydrogen-bond donors (Lipinski definition) is 1. The molecule has 0 spiro atoms. The molecular weight excluding hydrogens is 376 g/mol. The monoisotopic (exact) mass is 394 g/mol. The summed E-state index contributed by atoms with van der Waals surface area (Å²) in [5.41, 5.74) is 0.750. The Bertz CT molecular complexity index is 913. The Hall–Kier alpha value is -1.39. The smallest absolute Gasteiger partial charge is 0.282 e. The fourth-order valence-corrected chi connectivity index (χ4v) is 5.51. The summed E-state index contributed by atoms with van der Waals surface area (Å²) in [5, 5.41) is 5.19. The predicted octanol–water partition coefficient (Wildman–Crippen LogP) is 2.32. The van der Waals surface area contributed by atoms with E-state index in [1.54, 1.807) is 11.3 Å². The molecule has 1 fully saturated rings. The highest BCUT2D eigenvalue weighted by molar-refractivity contribution is 7.99. The average Bonchev–Trinajstić information content (AvgIpc) is 3.29. The van der Waals surface area contributed by atoms with Crippen molar-refractivity contribution in [1.29, 1.82) is 0 Å². The van der Waals surface area contributed by atoms with Crippen LogP contribution < -0.4 is 11.4 Å². The molecule has 0 radical (unpaired) electrons. The third kappa shape index (κ3) is 3.47. The number of thioether (sulfide) groups is 1. The van der Waals surface area contributed by atoms with Crippen molar-refractivity contribution in [3.05, 3.63) is 33.2 Å². The van der Waals surface area contributed by atoms with Gasteiger partial charge in [0.05, 0.1) is 18.6 Å². The maximum Gasteiger partial charge on any atom is 0.282 e. The van der Waals surface area contributed by atoms with Crippen molar-refractivity contribution in [3.8, 4) is 10.4 Å². The Morgan fingerprint density at radius 1 is 1.32 bits per heavy atom. The van der Waals surface area contributed by atoms with E-state index in [0.717, 1.165) is 53.9 Å². The van der Waals surface area contributed by atoms with Gasteiger partial charge in [-0.15, -0.1) is 22.7 Å². The summed E-state index contributed by atoms with van der Waals surface area (Å²) in [6.07, 6.45) is 0. The normalized spacial score (nSPS) is 15.8. The van der Waals surface area contributed by atoms with Crippen molar-refractivity contribution in [2.24, 2.45) is 0 Å². The molecule has 4 heterocycles. The zero-order chi connectivity index (χ0) is 17.2. The molecule has 132 valence electrons. The largest absolute Gasteiger partial charge is 0.379 e. The zero-order valence-electron chi connectivity index (χ0n) is 13.5. The summed E-state index contributed by atoms with van der Waals surface area (Å²) >= 11 is 4.64. The Balaban J connectivity index is 1.56. The molecule has 6 nitrogen and oxygen atoms in total. The van der Waals surface area contributed by atoms with Gasteiger partial charge in [-0.05, 0) is 11.4 Å². The lowest BCUT2D eigenvalue weighted by molar-refractivity contribution is 0.0410. The van der Waals surface area contributed by atoms with Gasteiger partial charge in [0.15, 0.2) is 5.16 Å². The molecule has 1 aliphatic rings. The van der Waals surface area contributed by atoms with Gasteiger partial charge in [0.1, 0.15) is 4.83 Å². The molecule has 25 heavy (non-hydrogen) atoms. The quantitative estimate of drug-likeness (QED) is 0.407. The van der Waals surface area contributed by atoms with Gasteiger partial charge in [-0.3, -0.25) is 9.69 Å². The Morgan fingerprint density at radius 3 is 2.92 bits per heavy atom. The van der Waals surface area contributed by atoms with Crippen LogP contribution in [0.4, 0.5) is 0 Å². The van der Waals surface area contributed by atoms with Crippen LogP contribution in [0.15, 0.2) is 32.8 Å². The van der Waals surface area contributed by atoms with Crippen LogP contribution in [0.2, 0.25) is 0 Å². The first-order valence-corrected chi connectivity index (χ1v) is 10.7. The van der Waals surface area contributed by atoms with Gasteiger partial charge in [0, 0.05) is 41.2 Å². The van der Waals surface area contributed by atoms with Gasteiger partial charge >= 0.3 is 0 Å². The van der Waals surface area contributed by atoms with Gasteiger partial charge in [-0.25, -0.2) is 9.66 Å². The molecule has 0 aliphatic carbocycles. The van der Waals surface area contributed by atoms with Crippen LogP contribution in [-0.4, -0.2) is 53.2 Å². The molecule has 1 aliphatic heterocycles. The van der Waals surface area contributed by atoms with E-state index in [9.17, 15) is 4.79 Å². The van der Waals surface area contributed by atoms with Gasteiger partial charge in [-0.2, -0.15) is 0 Å². The second kappa shape index (κ2) is 7.46. The van der Waals surface area contributed by atoms with Crippen LogP contribution in [0.5, 0.6) is 0 Å². The van der Waals surface area contributed by atoms with Crippen LogP contribution in [0, 0.1) is 0 Å². The summed E-state index contributed by atoms with van der Waals surface area (Å²) in [6.45, 7) is 4.43. The molecule has 0 saturated carbocycles. The summed E-state index contributed by atoms with van der Waals surface area (Å²) in [7, 11) is 0. The van der Waals surface area contributed by atoms with E-state index < -0.39 is 0 Å². The second-order valence-corrected chi connectivity index (χ2v) is 8.55.